The van der Waals surface area contributed by atoms with Crippen molar-refractivity contribution in [3.05, 3.63) is 106 Å². The summed E-state index contributed by atoms with van der Waals surface area (Å²) in [5.41, 5.74) is -2.53. The van der Waals surface area contributed by atoms with Gasteiger partial charge in [0.1, 0.15) is 11.5 Å². The molecule has 0 aliphatic heterocycles. The number of ether oxygens (including phenoxy) is 2. The van der Waals surface area contributed by atoms with Gasteiger partial charge >= 0.3 is 0 Å². The van der Waals surface area contributed by atoms with Gasteiger partial charge in [-0.15, -0.1) is 0 Å². The molecule has 0 radical (unpaired) electrons. The number of hydrogen-bond acceptors (Lipinski definition) is 2. The Labute approximate surface area is 199 Å². The Bertz CT molecular complexity index is 1290. The number of halogens is 8. The Kier molecular flexibility index (Phi) is 6.62. The minimum atomic E-state index is -2.33. The average molecular weight is 510 g/mol. The van der Waals surface area contributed by atoms with E-state index < -0.39 is 69.2 Å². The largest absolute Gasteiger partial charge is 0.451 e. The van der Waals surface area contributed by atoms with Crippen molar-refractivity contribution in [1.29, 1.82) is 0 Å². The first-order chi connectivity index (χ1) is 17.0. The van der Waals surface area contributed by atoms with Gasteiger partial charge in [-0.05, 0) is 38.1 Å². The molecule has 0 saturated carbocycles. The van der Waals surface area contributed by atoms with E-state index in [1.54, 1.807) is 13.8 Å². The molecule has 0 aliphatic carbocycles. The second-order valence-corrected chi connectivity index (χ2v) is 7.75. The van der Waals surface area contributed by atoms with E-state index in [0.29, 0.717) is 0 Å². The summed E-state index contributed by atoms with van der Waals surface area (Å²) in [5.74, 6) is -21.6. The zero-order valence-electron chi connectivity index (χ0n) is 18.5. The Hall–Kier alpha value is -4.08. The van der Waals surface area contributed by atoms with Gasteiger partial charge in [0.15, 0.2) is 23.3 Å². The standard InChI is InChI=1S/C26H14F8O2/c1-11-3-7-13(8-4-11)35-25-21(31)17(27)15(18(28)22(25)32)16-19(29)23(33)26(24(34)20(16)30)36-14-9-5-12(2)6-10-14/h3-10H,1-2H3. The molecule has 0 amide bonds. The van der Waals surface area contributed by atoms with Crippen LogP contribution in [0.2, 0.25) is 0 Å². The summed E-state index contributed by atoms with van der Waals surface area (Å²) in [6.45, 7) is 3.38. The van der Waals surface area contributed by atoms with E-state index in [1.807, 2.05) is 0 Å². The molecule has 10 heteroatoms. The van der Waals surface area contributed by atoms with Gasteiger partial charge in [-0.25, -0.2) is 17.6 Å². The molecule has 4 rings (SSSR count). The molecule has 36 heavy (non-hydrogen) atoms. The summed E-state index contributed by atoms with van der Waals surface area (Å²) in [4.78, 5) is 0. The predicted molar refractivity (Wildman–Crippen MR) is 114 cm³/mol. The highest BCUT2D eigenvalue weighted by molar-refractivity contribution is 5.69. The molecule has 4 aromatic carbocycles. The summed E-state index contributed by atoms with van der Waals surface area (Å²) >= 11 is 0. The minimum Gasteiger partial charge on any atom is -0.451 e. The van der Waals surface area contributed by atoms with Crippen LogP contribution < -0.4 is 9.47 Å². The summed E-state index contributed by atoms with van der Waals surface area (Å²) in [6, 6.07) is 10.9. The predicted octanol–water partition coefficient (Wildman–Crippen LogP) is 8.67. The third kappa shape index (κ3) is 4.34. The monoisotopic (exact) mass is 510 g/mol. The molecule has 0 atom stereocenters. The highest BCUT2D eigenvalue weighted by atomic mass is 19.2. The molecule has 0 bridgehead atoms. The molecule has 0 N–H and O–H groups in total. The second kappa shape index (κ2) is 9.52. The lowest BCUT2D eigenvalue weighted by atomic mass is 10.0. The quantitative estimate of drug-likeness (QED) is 0.198. The molecule has 0 fully saturated rings. The van der Waals surface area contributed by atoms with E-state index >= 15 is 0 Å². The zero-order chi connectivity index (χ0) is 26.3. The number of benzene rings is 4. The topological polar surface area (TPSA) is 18.5 Å². The molecular weight excluding hydrogens is 496 g/mol. The van der Waals surface area contributed by atoms with Gasteiger partial charge in [0.25, 0.3) is 0 Å². The van der Waals surface area contributed by atoms with Gasteiger partial charge in [0.05, 0.1) is 11.1 Å². The molecule has 0 aliphatic rings. The molecule has 2 nitrogen and oxygen atoms in total. The van der Waals surface area contributed by atoms with Crippen molar-refractivity contribution < 1.29 is 44.6 Å². The molecule has 186 valence electrons. The smallest absolute Gasteiger partial charge is 0.205 e. The van der Waals surface area contributed by atoms with Crippen molar-refractivity contribution in [3.63, 3.8) is 0 Å². The minimum absolute atomic E-state index is 0.211. The fourth-order valence-electron chi connectivity index (χ4n) is 3.29. The highest BCUT2D eigenvalue weighted by Gasteiger charge is 2.35. The van der Waals surface area contributed by atoms with Gasteiger partial charge in [0.2, 0.25) is 34.8 Å². The van der Waals surface area contributed by atoms with E-state index in [1.165, 1.54) is 48.5 Å². The average Bonchev–Trinajstić information content (AvgIpc) is 2.86. The molecule has 0 aromatic heterocycles. The summed E-state index contributed by atoms with van der Waals surface area (Å²) in [6.07, 6.45) is 0. The lowest BCUT2D eigenvalue weighted by molar-refractivity contribution is 0.360. The molecule has 0 spiro atoms. The molecule has 0 heterocycles. The van der Waals surface area contributed by atoms with Crippen molar-refractivity contribution in [2.75, 3.05) is 0 Å². The fourth-order valence-corrected chi connectivity index (χ4v) is 3.29. The summed E-state index contributed by atoms with van der Waals surface area (Å²) < 4.78 is 128. The van der Waals surface area contributed by atoms with E-state index in [2.05, 4.69) is 0 Å². The van der Waals surface area contributed by atoms with E-state index in [9.17, 15) is 35.1 Å². The third-order valence-electron chi connectivity index (χ3n) is 5.18. The van der Waals surface area contributed by atoms with Crippen LogP contribution in [0.3, 0.4) is 0 Å². The number of hydrogen-bond donors (Lipinski definition) is 0. The van der Waals surface area contributed by atoms with Gasteiger partial charge in [-0.3, -0.25) is 0 Å². The summed E-state index contributed by atoms with van der Waals surface area (Å²) in [5, 5.41) is 0. The maximum Gasteiger partial charge on any atom is 0.205 e. The zero-order valence-corrected chi connectivity index (χ0v) is 18.5. The van der Waals surface area contributed by atoms with Gasteiger partial charge in [0, 0.05) is 0 Å². The van der Waals surface area contributed by atoms with Crippen LogP contribution in [0.25, 0.3) is 11.1 Å². The van der Waals surface area contributed by atoms with Crippen molar-refractivity contribution >= 4 is 0 Å². The van der Waals surface area contributed by atoms with Crippen LogP contribution in [0.4, 0.5) is 35.1 Å². The van der Waals surface area contributed by atoms with Crippen molar-refractivity contribution in [1.82, 2.24) is 0 Å². The van der Waals surface area contributed by atoms with Crippen LogP contribution in [0.1, 0.15) is 11.1 Å². The second-order valence-electron chi connectivity index (χ2n) is 7.75. The van der Waals surface area contributed by atoms with Crippen LogP contribution in [0.5, 0.6) is 23.0 Å². The Morgan fingerprint density at radius 3 is 0.889 bits per heavy atom. The number of aryl methyl sites for hydroxylation is 2. The number of rotatable bonds is 5. The first kappa shape index (κ1) is 25.0. The van der Waals surface area contributed by atoms with Crippen LogP contribution in [-0.2, 0) is 0 Å². The third-order valence-corrected chi connectivity index (χ3v) is 5.18. The lowest BCUT2D eigenvalue weighted by Crippen LogP contribution is -2.09. The maximum absolute atomic E-state index is 14.8. The summed E-state index contributed by atoms with van der Waals surface area (Å²) in [7, 11) is 0. The Morgan fingerprint density at radius 1 is 0.389 bits per heavy atom. The van der Waals surface area contributed by atoms with Crippen LogP contribution in [0, 0.1) is 60.4 Å². The fraction of sp³-hybridized carbons (Fsp3) is 0.0769. The maximum atomic E-state index is 14.8. The van der Waals surface area contributed by atoms with E-state index in [-0.39, 0.29) is 11.5 Å². The SMILES string of the molecule is Cc1ccc(Oc2c(F)c(F)c(-c3c(F)c(F)c(Oc4ccc(C)cc4)c(F)c3F)c(F)c2F)cc1. The van der Waals surface area contributed by atoms with Gasteiger partial charge in [-0.2, -0.15) is 17.6 Å². The van der Waals surface area contributed by atoms with E-state index in [0.717, 1.165) is 11.1 Å². The molecule has 0 saturated heterocycles. The van der Waals surface area contributed by atoms with Crippen LogP contribution >= 0.6 is 0 Å². The normalized spacial score (nSPS) is 11.1. The molecular formula is C26H14F8O2. The Morgan fingerprint density at radius 2 is 0.639 bits per heavy atom. The van der Waals surface area contributed by atoms with Crippen molar-refractivity contribution in [3.8, 4) is 34.1 Å². The van der Waals surface area contributed by atoms with Crippen molar-refractivity contribution in [2.45, 2.75) is 13.8 Å². The lowest BCUT2D eigenvalue weighted by Gasteiger charge is -2.16. The van der Waals surface area contributed by atoms with Crippen molar-refractivity contribution in [2.24, 2.45) is 0 Å². The molecule has 4 aromatic rings. The molecule has 0 unspecified atom stereocenters. The first-order valence-electron chi connectivity index (χ1n) is 10.2. The first-order valence-corrected chi connectivity index (χ1v) is 10.2. The van der Waals surface area contributed by atoms with Gasteiger partial charge < -0.3 is 9.47 Å². The Balaban J connectivity index is 1.85. The highest BCUT2D eigenvalue weighted by Crippen LogP contribution is 2.43. The van der Waals surface area contributed by atoms with Gasteiger partial charge in [-0.1, -0.05) is 35.4 Å². The van der Waals surface area contributed by atoms with Crippen LogP contribution in [0.15, 0.2) is 48.5 Å². The van der Waals surface area contributed by atoms with Crippen LogP contribution in [-0.4, -0.2) is 0 Å². The van der Waals surface area contributed by atoms with E-state index in [4.69, 9.17) is 9.47 Å².